The molecule has 5 rings (SSSR count). The number of rotatable bonds is 5. The summed E-state index contributed by atoms with van der Waals surface area (Å²) in [5.41, 5.74) is -0.204. The number of hydrogen-bond acceptors (Lipinski definition) is 6. The SMILES string of the molecule is COc1cc(/C(O)=C2\C(=O)Nc3cc(F)c(-c4ccc(C5(CO)CC5)cc4)c(F)c32)on1. The first kappa shape index (κ1) is 20.2. The van der Waals surface area contributed by atoms with Gasteiger partial charge in [-0.3, -0.25) is 4.79 Å². The van der Waals surface area contributed by atoms with Crippen molar-refractivity contribution in [1.29, 1.82) is 0 Å². The van der Waals surface area contributed by atoms with E-state index < -0.39 is 28.9 Å². The van der Waals surface area contributed by atoms with E-state index in [1.807, 2.05) is 0 Å². The van der Waals surface area contributed by atoms with Crippen molar-refractivity contribution in [2.75, 3.05) is 19.0 Å². The zero-order valence-corrected chi connectivity index (χ0v) is 16.9. The van der Waals surface area contributed by atoms with E-state index in [4.69, 9.17) is 9.26 Å². The molecular weight excluding hydrogens is 422 g/mol. The topological polar surface area (TPSA) is 105 Å². The van der Waals surface area contributed by atoms with Crippen LogP contribution in [0.5, 0.6) is 5.88 Å². The number of fused-ring (bicyclic) bond motifs is 1. The number of carbonyl (C=O) groups excluding carboxylic acids is 1. The van der Waals surface area contributed by atoms with Gasteiger partial charge >= 0.3 is 0 Å². The molecule has 2 aromatic carbocycles. The summed E-state index contributed by atoms with van der Waals surface area (Å²) in [5.74, 6) is -3.46. The van der Waals surface area contributed by atoms with Crippen LogP contribution in [0.15, 0.2) is 40.9 Å². The Morgan fingerprint density at radius 3 is 2.53 bits per heavy atom. The molecule has 164 valence electrons. The minimum atomic E-state index is -0.998. The van der Waals surface area contributed by atoms with Crippen molar-refractivity contribution in [3.05, 3.63) is 64.9 Å². The van der Waals surface area contributed by atoms with E-state index in [0.717, 1.165) is 24.5 Å². The average Bonchev–Trinajstić information content (AvgIpc) is 3.31. The summed E-state index contributed by atoms with van der Waals surface area (Å²) in [6.45, 7) is 0.0154. The van der Waals surface area contributed by atoms with Gasteiger partial charge < -0.3 is 24.8 Å². The molecule has 1 aliphatic carbocycles. The van der Waals surface area contributed by atoms with Crippen LogP contribution in [-0.4, -0.2) is 35.0 Å². The molecule has 3 aromatic rings. The molecule has 32 heavy (non-hydrogen) atoms. The summed E-state index contributed by atoms with van der Waals surface area (Å²) in [5, 5.41) is 26.1. The number of amides is 1. The van der Waals surface area contributed by atoms with Crippen LogP contribution in [0, 0.1) is 11.6 Å². The van der Waals surface area contributed by atoms with Crippen molar-refractivity contribution in [1.82, 2.24) is 5.16 Å². The maximum Gasteiger partial charge on any atom is 0.260 e. The monoisotopic (exact) mass is 440 g/mol. The second-order valence-corrected chi connectivity index (χ2v) is 7.90. The molecule has 0 radical (unpaired) electrons. The van der Waals surface area contributed by atoms with Crippen molar-refractivity contribution < 1.29 is 33.0 Å². The molecule has 1 saturated carbocycles. The highest BCUT2D eigenvalue weighted by Crippen LogP contribution is 2.48. The predicted octanol–water partition coefficient (Wildman–Crippen LogP) is 4.03. The van der Waals surface area contributed by atoms with E-state index in [9.17, 15) is 19.4 Å². The molecule has 0 bridgehead atoms. The number of aliphatic hydroxyl groups excluding tert-OH is 2. The van der Waals surface area contributed by atoms with E-state index in [1.54, 1.807) is 24.3 Å². The lowest BCUT2D eigenvalue weighted by molar-refractivity contribution is -0.110. The molecule has 7 nitrogen and oxygen atoms in total. The van der Waals surface area contributed by atoms with Crippen LogP contribution < -0.4 is 10.1 Å². The first-order valence-corrected chi connectivity index (χ1v) is 9.88. The Hall–Kier alpha value is -3.72. The molecular formula is C23H18F2N2O5. The maximum atomic E-state index is 15.6. The third-order valence-corrected chi connectivity index (χ3v) is 6.05. The molecule has 1 fully saturated rings. The van der Waals surface area contributed by atoms with Crippen LogP contribution in [0.3, 0.4) is 0 Å². The minimum Gasteiger partial charge on any atom is -0.504 e. The van der Waals surface area contributed by atoms with Crippen LogP contribution in [0.2, 0.25) is 0 Å². The van der Waals surface area contributed by atoms with E-state index in [2.05, 4.69) is 10.5 Å². The Morgan fingerprint density at radius 2 is 1.94 bits per heavy atom. The smallest absolute Gasteiger partial charge is 0.260 e. The van der Waals surface area contributed by atoms with Crippen molar-refractivity contribution in [3.8, 4) is 17.0 Å². The summed E-state index contributed by atoms with van der Waals surface area (Å²) in [4.78, 5) is 12.5. The van der Waals surface area contributed by atoms with Crippen molar-refractivity contribution in [3.63, 3.8) is 0 Å². The van der Waals surface area contributed by atoms with Crippen LogP contribution >= 0.6 is 0 Å². The van der Waals surface area contributed by atoms with E-state index in [-0.39, 0.29) is 46.0 Å². The highest BCUT2D eigenvalue weighted by molar-refractivity contribution is 6.36. The molecule has 3 N–H and O–H groups in total. The van der Waals surface area contributed by atoms with Gasteiger partial charge in [-0.05, 0) is 35.2 Å². The number of methoxy groups -OCH3 is 1. The largest absolute Gasteiger partial charge is 0.504 e. The first-order chi connectivity index (χ1) is 15.4. The Morgan fingerprint density at radius 1 is 1.22 bits per heavy atom. The Labute approximate surface area is 180 Å². The van der Waals surface area contributed by atoms with Gasteiger partial charge in [-0.2, -0.15) is 0 Å². The van der Waals surface area contributed by atoms with Crippen molar-refractivity contribution in [2.45, 2.75) is 18.3 Å². The van der Waals surface area contributed by atoms with Crippen LogP contribution in [-0.2, 0) is 10.2 Å². The fourth-order valence-electron chi connectivity index (χ4n) is 4.02. The number of ether oxygens (including phenoxy) is 1. The Balaban J connectivity index is 1.63. The van der Waals surface area contributed by atoms with Crippen molar-refractivity contribution >= 4 is 22.9 Å². The van der Waals surface area contributed by atoms with Crippen molar-refractivity contribution in [2.24, 2.45) is 0 Å². The highest BCUT2D eigenvalue weighted by Gasteiger charge is 2.43. The number of aromatic nitrogens is 1. The number of nitrogens with zero attached hydrogens (tertiary/aromatic N) is 1. The lowest BCUT2D eigenvalue weighted by Crippen LogP contribution is -2.11. The van der Waals surface area contributed by atoms with Crippen LogP contribution in [0.1, 0.15) is 29.7 Å². The highest BCUT2D eigenvalue weighted by atomic mass is 19.1. The summed E-state index contributed by atoms with van der Waals surface area (Å²) < 4.78 is 40.3. The third kappa shape index (κ3) is 2.96. The number of nitrogens with one attached hydrogen (secondary N) is 1. The molecule has 2 heterocycles. The lowest BCUT2D eigenvalue weighted by atomic mass is 9.92. The quantitative estimate of drug-likeness (QED) is 0.409. The molecule has 1 amide bonds. The lowest BCUT2D eigenvalue weighted by Gasteiger charge is -2.14. The second-order valence-electron chi connectivity index (χ2n) is 7.90. The van der Waals surface area contributed by atoms with E-state index in [1.165, 1.54) is 13.2 Å². The molecule has 0 saturated heterocycles. The second kappa shape index (κ2) is 7.16. The van der Waals surface area contributed by atoms with Gasteiger partial charge in [0.15, 0.2) is 5.76 Å². The number of aliphatic hydroxyl groups is 2. The fraction of sp³-hybridized carbons (Fsp3) is 0.217. The minimum absolute atomic E-state index is 0.0154. The summed E-state index contributed by atoms with van der Waals surface area (Å²) in [6.07, 6.45) is 1.72. The molecule has 1 aromatic heterocycles. The third-order valence-electron chi connectivity index (χ3n) is 6.05. The molecule has 9 heteroatoms. The summed E-state index contributed by atoms with van der Waals surface area (Å²) in [7, 11) is 1.34. The first-order valence-electron chi connectivity index (χ1n) is 9.88. The zero-order valence-electron chi connectivity index (χ0n) is 16.9. The van der Waals surface area contributed by atoms with Gasteiger partial charge in [-0.25, -0.2) is 8.78 Å². The molecule has 0 unspecified atom stereocenters. The van der Waals surface area contributed by atoms with Crippen LogP contribution in [0.4, 0.5) is 14.5 Å². The standard InChI is InChI=1S/C23H18F2N2O5/c1-31-16-9-15(32-27-16)21(29)19-18-14(26-22(19)30)8-13(24)17(20(18)25)11-2-4-12(5-3-11)23(10-28)6-7-23/h2-5,8-9,28-29H,6-7,10H2,1H3,(H,26,30)/b21-19+. The van der Waals surface area contributed by atoms with Gasteiger partial charge in [0.1, 0.15) is 11.6 Å². The number of carbonyl (C=O) groups is 1. The Kier molecular flexibility index (Phi) is 4.52. The predicted molar refractivity (Wildman–Crippen MR) is 111 cm³/mol. The van der Waals surface area contributed by atoms with Gasteiger partial charge in [0, 0.05) is 5.41 Å². The van der Waals surface area contributed by atoms with Gasteiger partial charge in [0.05, 0.1) is 42.2 Å². The fourth-order valence-corrected chi connectivity index (χ4v) is 4.02. The number of halogens is 2. The van der Waals surface area contributed by atoms with Crippen LogP contribution in [0.25, 0.3) is 22.5 Å². The number of anilines is 1. The Bertz CT molecular complexity index is 1280. The molecule has 0 spiro atoms. The van der Waals surface area contributed by atoms with Gasteiger partial charge in [0.25, 0.3) is 11.8 Å². The number of benzene rings is 2. The molecule has 0 atom stereocenters. The molecule has 1 aliphatic heterocycles. The van der Waals surface area contributed by atoms with E-state index >= 15 is 4.39 Å². The molecule has 2 aliphatic rings. The van der Waals surface area contributed by atoms with Gasteiger partial charge in [-0.15, -0.1) is 0 Å². The van der Waals surface area contributed by atoms with E-state index in [0.29, 0.717) is 0 Å². The normalized spacial score (nSPS) is 17.7. The van der Waals surface area contributed by atoms with Gasteiger partial charge in [-0.1, -0.05) is 24.3 Å². The average molecular weight is 440 g/mol. The zero-order chi connectivity index (χ0) is 22.6. The summed E-state index contributed by atoms with van der Waals surface area (Å²) >= 11 is 0. The van der Waals surface area contributed by atoms with Gasteiger partial charge in [0.2, 0.25) is 5.76 Å². The summed E-state index contributed by atoms with van der Waals surface area (Å²) in [6, 6.07) is 8.88. The number of hydrogen-bond donors (Lipinski definition) is 3. The maximum absolute atomic E-state index is 15.6.